The van der Waals surface area contributed by atoms with Gasteiger partial charge in [-0.3, -0.25) is 14.4 Å². The van der Waals surface area contributed by atoms with E-state index in [1.54, 1.807) is 6.92 Å². The second-order valence-electron chi connectivity index (χ2n) is 6.84. The van der Waals surface area contributed by atoms with Crippen molar-refractivity contribution in [3.8, 4) is 0 Å². The summed E-state index contributed by atoms with van der Waals surface area (Å²) in [6.45, 7) is 5.48. The Morgan fingerprint density at radius 3 is 2.83 bits per heavy atom. The molecule has 3 aromatic rings. The number of nitrogens with zero attached hydrogens (tertiary/aromatic N) is 1. The monoisotopic (exact) mass is 429 g/mol. The Bertz CT molecular complexity index is 1180. The van der Waals surface area contributed by atoms with Crippen molar-refractivity contribution in [1.29, 1.82) is 0 Å². The zero-order valence-electron chi connectivity index (χ0n) is 16.1. The summed E-state index contributed by atoms with van der Waals surface area (Å²) in [5, 5.41) is 2.81. The predicted octanol–water partition coefficient (Wildman–Crippen LogP) is 3.71. The first-order valence-electron chi connectivity index (χ1n) is 9.09. The van der Waals surface area contributed by atoms with E-state index in [2.05, 4.69) is 15.3 Å². The minimum atomic E-state index is -0.730. The van der Waals surface area contributed by atoms with E-state index in [1.165, 1.54) is 23.1 Å². The molecule has 9 heteroatoms. The van der Waals surface area contributed by atoms with E-state index in [0.29, 0.717) is 16.0 Å². The van der Waals surface area contributed by atoms with E-state index >= 15 is 0 Å². The SMILES string of the molecule is Cc1sc2nc(C(C)OC(=O)CC3Sc4ccccc4NC3=O)[nH]c(=O)c2c1C. The van der Waals surface area contributed by atoms with E-state index in [0.717, 1.165) is 21.0 Å². The second-order valence-corrected chi connectivity index (χ2v) is 9.29. The summed E-state index contributed by atoms with van der Waals surface area (Å²) in [6, 6.07) is 7.45. The van der Waals surface area contributed by atoms with Gasteiger partial charge in [-0.1, -0.05) is 12.1 Å². The molecular formula is C20H19N3O4S2. The van der Waals surface area contributed by atoms with Crippen LogP contribution in [-0.4, -0.2) is 27.1 Å². The maximum atomic E-state index is 12.4. The number of benzene rings is 1. The highest BCUT2D eigenvalue weighted by atomic mass is 32.2. The second kappa shape index (κ2) is 7.64. The molecule has 150 valence electrons. The van der Waals surface area contributed by atoms with Crippen LogP contribution >= 0.6 is 23.1 Å². The van der Waals surface area contributed by atoms with Crippen LogP contribution in [0.5, 0.6) is 0 Å². The minimum absolute atomic E-state index is 0.0706. The van der Waals surface area contributed by atoms with Crippen molar-refractivity contribution in [1.82, 2.24) is 9.97 Å². The molecule has 0 aliphatic carbocycles. The maximum absolute atomic E-state index is 12.4. The number of thioether (sulfide) groups is 1. The number of amides is 1. The average molecular weight is 430 g/mol. The van der Waals surface area contributed by atoms with Crippen LogP contribution in [-0.2, 0) is 14.3 Å². The molecule has 1 aliphatic heterocycles. The molecule has 0 fully saturated rings. The normalized spacial score (nSPS) is 16.9. The minimum Gasteiger partial charge on any atom is -0.454 e. The number of fused-ring (bicyclic) bond motifs is 2. The number of thiophene rings is 1. The standard InChI is InChI=1S/C20H19N3O4S2/c1-9-11(3)28-20-16(9)19(26)22-17(23-20)10(2)27-15(24)8-14-18(25)21-12-6-4-5-7-13(12)29-14/h4-7,10,14H,8H2,1-3H3,(H,21,25)(H,22,23,26). The Labute approximate surface area is 174 Å². The van der Waals surface area contributed by atoms with Crippen LogP contribution in [0.3, 0.4) is 0 Å². The van der Waals surface area contributed by atoms with Crippen LogP contribution in [0, 0.1) is 13.8 Å². The smallest absolute Gasteiger partial charge is 0.308 e. The van der Waals surface area contributed by atoms with Gasteiger partial charge in [0.05, 0.1) is 22.7 Å². The highest BCUT2D eigenvalue weighted by Gasteiger charge is 2.30. The number of H-pyrrole nitrogens is 1. The largest absolute Gasteiger partial charge is 0.454 e. The molecule has 0 saturated carbocycles. The molecule has 0 bridgehead atoms. The first-order chi connectivity index (χ1) is 13.8. The molecule has 2 atom stereocenters. The lowest BCUT2D eigenvalue weighted by molar-refractivity contribution is -0.149. The van der Waals surface area contributed by atoms with E-state index in [-0.39, 0.29) is 17.9 Å². The fraction of sp³-hybridized carbons (Fsp3) is 0.300. The van der Waals surface area contributed by atoms with E-state index in [4.69, 9.17) is 4.74 Å². The van der Waals surface area contributed by atoms with Crippen molar-refractivity contribution >= 4 is 50.9 Å². The molecule has 1 amide bonds. The van der Waals surface area contributed by atoms with Crippen LogP contribution < -0.4 is 10.9 Å². The van der Waals surface area contributed by atoms with Gasteiger partial charge in [-0.25, -0.2) is 4.98 Å². The van der Waals surface area contributed by atoms with Gasteiger partial charge < -0.3 is 15.0 Å². The first-order valence-corrected chi connectivity index (χ1v) is 10.8. The predicted molar refractivity (Wildman–Crippen MR) is 114 cm³/mol. The van der Waals surface area contributed by atoms with Gasteiger partial charge in [-0.2, -0.15) is 0 Å². The number of nitrogens with one attached hydrogen (secondary N) is 2. The lowest BCUT2D eigenvalue weighted by atomic mass is 10.2. The number of aromatic amines is 1. The van der Waals surface area contributed by atoms with Gasteiger partial charge in [-0.15, -0.1) is 23.1 Å². The summed E-state index contributed by atoms with van der Waals surface area (Å²) in [4.78, 5) is 46.9. The Kier molecular flexibility index (Phi) is 5.18. The van der Waals surface area contributed by atoms with Gasteiger partial charge in [0.2, 0.25) is 5.91 Å². The molecule has 7 nitrogen and oxygen atoms in total. The molecule has 3 heterocycles. The van der Waals surface area contributed by atoms with Crippen molar-refractivity contribution < 1.29 is 14.3 Å². The van der Waals surface area contributed by atoms with Gasteiger partial charge >= 0.3 is 5.97 Å². The number of aryl methyl sites for hydroxylation is 2. The third-order valence-electron chi connectivity index (χ3n) is 4.81. The van der Waals surface area contributed by atoms with Crippen molar-refractivity contribution in [3.63, 3.8) is 0 Å². The molecule has 2 unspecified atom stereocenters. The van der Waals surface area contributed by atoms with Gasteiger partial charge in [0.1, 0.15) is 4.83 Å². The topological polar surface area (TPSA) is 101 Å². The number of ether oxygens (including phenoxy) is 1. The lowest BCUT2D eigenvalue weighted by Gasteiger charge is -2.23. The van der Waals surface area contributed by atoms with Gasteiger partial charge in [0, 0.05) is 9.77 Å². The zero-order chi connectivity index (χ0) is 20.7. The van der Waals surface area contributed by atoms with Crippen molar-refractivity contribution in [3.05, 3.63) is 50.9 Å². The Hall–Kier alpha value is -2.65. The number of carbonyl (C=O) groups is 2. The Balaban J connectivity index is 1.47. The molecule has 2 aromatic heterocycles. The molecule has 4 rings (SSSR count). The summed E-state index contributed by atoms with van der Waals surface area (Å²) in [5.74, 6) is -0.454. The zero-order valence-corrected chi connectivity index (χ0v) is 17.7. The van der Waals surface area contributed by atoms with Crippen LogP contribution in [0.4, 0.5) is 5.69 Å². The summed E-state index contributed by atoms with van der Waals surface area (Å²) in [6.07, 6.45) is -0.801. The van der Waals surface area contributed by atoms with Crippen molar-refractivity contribution in [2.75, 3.05) is 5.32 Å². The van der Waals surface area contributed by atoms with Crippen molar-refractivity contribution in [2.24, 2.45) is 0 Å². The van der Waals surface area contributed by atoms with Crippen LogP contribution in [0.2, 0.25) is 0 Å². The van der Waals surface area contributed by atoms with E-state index in [9.17, 15) is 14.4 Å². The third kappa shape index (κ3) is 3.79. The molecule has 2 N–H and O–H groups in total. The van der Waals surface area contributed by atoms with E-state index in [1.807, 2.05) is 38.1 Å². The molecule has 1 aromatic carbocycles. The number of hydrogen-bond acceptors (Lipinski definition) is 7. The van der Waals surface area contributed by atoms with Gasteiger partial charge in [0.15, 0.2) is 11.9 Å². The third-order valence-corrected chi connectivity index (χ3v) is 7.19. The summed E-state index contributed by atoms with van der Waals surface area (Å²) < 4.78 is 5.46. The van der Waals surface area contributed by atoms with E-state index < -0.39 is 17.3 Å². The molecule has 29 heavy (non-hydrogen) atoms. The number of anilines is 1. The lowest BCUT2D eigenvalue weighted by Crippen LogP contribution is -2.31. The number of rotatable bonds is 4. The fourth-order valence-electron chi connectivity index (χ4n) is 3.14. The number of hydrogen-bond donors (Lipinski definition) is 2. The highest BCUT2D eigenvalue weighted by Crippen LogP contribution is 2.37. The molecule has 0 spiro atoms. The molecular weight excluding hydrogens is 410 g/mol. The summed E-state index contributed by atoms with van der Waals surface area (Å²) in [5.41, 5.74) is 1.42. The quantitative estimate of drug-likeness (QED) is 0.613. The van der Waals surface area contributed by atoms with Crippen LogP contribution in [0.15, 0.2) is 34.0 Å². The van der Waals surface area contributed by atoms with Crippen LogP contribution in [0.25, 0.3) is 10.2 Å². The number of carbonyl (C=O) groups excluding carboxylic acids is 2. The van der Waals surface area contributed by atoms with Crippen LogP contribution in [0.1, 0.15) is 35.7 Å². The number of esters is 1. The highest BCUT2D eigenvalue weighted by molar-refractivity contribution is 8.01. The molecule has 1 aliphatic rings. The first kappa shape index (κ1) is 19.7. The Morgan fingerprint density at radius 2 is 2.03 bits per heavy atom. The maximum Gasteiger partial charge on any atom is 0.308 e. The van der Waals surface area contributed by atoms with Crippen molar-refractivity contribution in [2.45, 2.75) is 43.4 Å². The summed E-state index contributed by atoms with van der Waals surface area (Å²) in [7, 11) is 0. The van der Waals surface area contributed by atoms with Gasteiger partial charge in [-0.05, 0) is 38.5 Å². The number of para-hydroxylation sites is 1. The number of aromatic nitrogens is 2. The van der Waals surface area contributed by atoms with Gasteiger partial charge in [0.25, 0.3) is 5.56 Å². The fourth-order valence-corrected chi connectivity index (χ4v) is 5.28. The molecule has 0 saturated heterocycles. The summed E-state index contributed by atoms with van der Waals surface area (Å²) >= 11 is 2.78. The molecule has 0 radical (unpaired) electrons. The Morgan fingerprint density at radius 1 is 1.28 bits per heavy atom. The average Bonchev–Trinajstić information content (AvgIpc) is 2.96.